The Balaban J connectivity index is 0.00000261. The maximum Gasteiger partial charge on any atom is 0.153 e. The third-order valence-electron chi connectivity index (χ3n) is 4.88. The molecule has 0 spiro atoms. The van der Waals surface area contributed by atoms with Crippen LogP contribution in [0.2, 0.25) is 0 Å². The molecule has 0 aliphatic heterocycles. The van der Waals surface area contributed by atoms with Gasteiger partial charge in [0.15, 0.2) is 5.82 Å². The first kappa shape index (κ1) is 21.2. The van der Waals surface area contributed by atoms with Gasteiger partial charge in [0.1, 0.15) is 5.82 Å². The molecule has 0 saturated heterocycles. The van der Waals surface area contributed by atoms with Crippen molar-refractivity contribution >= 4 is 29.1 Å². The molecule has 4 nitrogen and oxygen atoms in total. The summed E-state index contributed by atoms with van der Waals surface area (Å²) in [6.45, 7) is 9.16. The van der Waals surface area contributed by atoms with Gasteiger partial charge in [-0.15, -0.1) is 12.4 Å². The van der Waals surface area contributed by atoms with Gasteiger partial charge >= 0.3 is 0 Å². The lowest BCUT2D eigenvalue weighted by Gasteiger charge is -2.21. The molecule has 0 saturated carbocycles. The summed E-state index contributed by atoms with van der Waals surface area (Å²) in [5, 5.41) is 1.22. The molecule has 0 amide bonds. The Kier molecular flexibility index (Phi) is 7.22. The fourth-order valence-corrected chi connectivity index (χ4v) is 3.37. The van der Waals surface area contributed by atoms with Crippen molar-refractivity contribution in [1.82, 2.24) is 9.55 Å². The molecule has 3 aromatic rings. The molecule has 2 heterocycles. The number of nitrogens with zero attached hydrogens (tertiary/aromatic N) is 3. The first-order chi connectivity index (χ1) is 12.5. The van der Waals surface area contributed by atoms with Crippen LogP contribution in [0.3, 0.4) is 0 Å². The summed E-state index contributed by atoms with van der Waals surface area (Å²) in [6, 6.07) is 8.70. The Morgan fingerprint density at radius 3 is 2.52 bits per heavy atom. The van der Waals surface area contributed by atoms with Crippen LogP contribution < -0.4 is 4.90 Å². The van der Waals surface area contributed by atoms with Crippen molar-refractivity contribution in [2.24, 2.45) is 0 Å². The molecule has 0 radical (unpaired) electrons. The van der Waals surface area contributed by atoms with Gasteiger partial charge in [-0.3, -0.25) is 0 Å². The van der Waals surface area contributed by atoms with Gasteiger partial charge in [0.2, 0.25) is 0 Å². The van der Waals surface area contributed by atoms with Crippen LogP contribution in [0.25, 0.3) is 10.9 Å². The average molecular weight is 392 g/mol. The van der Waals surface area contributed by atoms with Gasteiger partial charge in [-0.1, -0.05) is 12.1 Å². The highest BCUT2D eigenvalue weighted by Crippen LogP contribution is 2.31. The topological polar surface area (TPSA) is 30.3 Å². The molecule has 0 atom stereocenters. The van der Waals surface area contributed by atoms with Crippen LogP contribution in [0.1, 0.15) is 23.7 Å². The number of halogens is 2. The summed E-state index contributed by atoms with van der Waals surface area (Å²) in [6.07, 6.45) is 1.86. The Labute approximate surface area is 166 Å². The molecular weight excluding hydrogens is 365 g/mol. The number of aromatic nitrogens is 2. The number of hydrogen-bond donors (Lipinski definition) is 0. The van der Waals surface area contributed by atoms with Gasteiger partial charge in [-0.2, -0.15) is 0 Å². The molecule has 0 fully saturated rings. The minimum Gasteiger partial charge on any atom is -0.380 e. The van der Waals surface area contributed by atoms with Crippen LogP contribution in [0.15, 0.2) is 36.5 Å². The summed E-state index contributed by atoms with van der Waals surface area (Å²) in [5.74, 6) is 0.715. The first-order valence-corrected chi connectivity index (χ1v) is 9.00. The summed E-state index contributed by atoms with van der Waals surface area (Å²) in [7, 11) is 2.02. The van der Waals surface area contributed by atoms with Gasteiger partial charge in [-0.25, -0.2) is 9.37 Å². The van der Waals surface area contributed by atoms with Gasteiger partial charge < -0.3 is 14.2 Å². The van der Waals surface area contributed by atoms with E-state index in [4.69, 9.17) is 4.74 Å². The zero-order valence-corrected chi connectivity index (χ0v) is 17.1. The van der Waals surface area contributed by atoms with Crippen LogP contribution in [-0.4, -0.2) is 29.8 Å². The van der Waals surface area contributed by atoms with Gasteiger partial charge in [0, 0.05) is 44.0 Å². The van der Waals surface area contributed by atoms with E-state index in [2.05, 4.69) is 34.4 Å². The highest BCUT2D eigenvalue weighted by Gasteiger charge is 2.17. The molecule has 3 rings (SSSR count). The lowest BCUT2D eigenvalue weighted by atomic mass is 10.2. The zero-order chi connectivity index (χ0) is 18.7. The Hall–Kier alpha value is -2.11. The SMILES string of the molecule is CCOCCn1c(C)c(C)c2ccnc(N(C)Cc3ccc(F)cc3)c21.Cl. The van der Waals surface area contributed by atoms with Crippen LogP contribution in [0.5, 0.6) is 0 Å². The van der Waals surface area contributed by atoms with Crippen LogP contribution in [0, 0.1) is 19.7 Å². The molecule has 146 valence electrons. The van der Waals surface area contributed by atoms with Crippen molar-refractivity contribution in [1.29, 1.82) is 0 Å². The second-order valence-electron chi connectivity index (χ2n) is 6.57. The smallest absolute Gasteiger partial charge is 0.153 e. The molecule has 0 bridgehead atoms. The summed E-state index contributed by atoms with van der Waals surface area (Å²) in [5.41, 5.74) is 4.69. The quantitative estimate of drug-likeness (QED) is 0.537. The van der Waals surface area contributed by atoms with E-state index < -0.39 is 0 Å². The number of aryl methyl sites for hydroxylation is 1. The molecule has 0 aliphatic carbocycles. The average Bonchev–Trinajstić information content (AvgIpc) is 2.89. The summed E-state index contributed by atoms with van der Waals surface area (Å²) < 4.78 is 21.0. The maximum atomic E-state index is 13.2. The maximum absolute atomic E-state index is 13.2. The van der Waals surface area contributed by atoms with Gasteiger partial charge in [0.25, 0.3) is 0 Å². The van der Waals surface area contributed by atoms with Crippen molar-refractivity contribution in [3.63, 3.8) is 0 Å². The van der Waals surface area contributed by atoms with E-state index >= 15 is 0 Å². The number of benzene rings is 1. The normalized spacial score (nSPS) is 10.9. The van der Waals surface area contributed by atoms with Crippen molar-refractivity contribution in [3.05, 3.63) is 59.2 Å². The predicted molar refractivity (Wildman–Crippen MR) is 111 cm³/mol. The minimum atomic E-state index is -0.215. The standard InChI is InChI=1S/C21H26FN3O.ClH/c1-5-26-13-12-25-16(3)15(2)19-10-11-23-21(20(19)25)24(4)14-17-6-8-18(22)9-7-17;/h6-11H,5,12-14H2,1-4H3;1H. The predicted octanol–water partition coefficient (Wildman–Crippen LogP) is 4.89. The summed E-state index contributed by atoms with van der Waals surface area (Å²) in [4.78, 5) is 6.77. The second kappa shape index (κ2) is 9.20. The number of fused-ring (bicyclic) bond motifs is 1. The van der Waals surface area contributed by atoms with Crippen molar-refractivity contribution in [3.8, 4) is 0 Å². The van der Waals surface area contributed by atoms with Crippen molar-refractivity contribution in [2.75, 3.05) is 25.2 Å². The number of rotatable bonds is 7. The Morgan fingerprint density at radius 1 is 1.15 bits per heavy atom. The van der Waals surface area contributed by atoms with Gasteiger partial charge in [-0.05, 0) is 50.1 Å². The number of ether oxygens (including phenoxy) is 1. The Bertz CT molecular complexity index is 893. The molecule has 0 unspecified atom stereocenters. The Morgan fingerprint density at radius 2 is 1.85 bits per heavy atom. The monoisotopic (exact) mass is 391 g/mol. The van der Waals surface area contributed by atoms with E-state index in [0.717, 1.165) is 23.4 Å². The number of hydrogen-bond acceptors (Lipinski definition) is 3. The fraction of sp³-hybridized carbons (Fsp3) is 0.381. The van der Waals surface area contributed by atoms with Crippen molar-refractivity contribution in [2.45, 2.75) is 33.9 Å². The second-order valence-corrected chi connectivity index (χ2v) is 6.57. The molecule has 1 aromatic carbocycles. The van der Waals surface area contributed by atoms with Crippen LogP contribution >= 0.6 is 12.4 Å². The van der Waals surface area contributed by atoms with E-state index in [1.54, 1.807) is 0 Å². The van der Waals surface area contributed by atoms with E-state index in [-0.39, 0.29) is 18.2 Å². The van der Waals surface area contributed by atoms with E-state index in [0.29, 0.717) is 19.8 Å². The highest BCUT2D eigenvalue weighted by molar-refractivity contribution is 5.93. The van der Waals surface area contributed by atoms with E-state index in [9.17, 15) is 4.39 Å². The van der Waals surface area contributed by atoms with Crippen molar-refractivity contribution < 1.29 is 9.13 Å². The molecular formula is C21H27ClFN3O. The highest BCUT2D eigenvalue weighted by atomic mass is 35.5. The third-order valence-corrected chi connectivity index (χ3v) is 4.88. The van der Waals surface area contributed by atoms with Gasteiger partial charge in [0.05, 0.1) is 12.1 Å². The molecule has 27 heavy (non-hydrogen) atoms. The van der Waals surface area contributed by atoms with E-state index in [1.165, 1.54) is 28.8 Å². The summed E-state index contributed by atoms with van der Waals surface area (Å²) >= 11 is 0. The largest absolute Gasteiger partial charge is 0.380 e. The van der Waals surface area contributed by atoms with Crippen LogP contribution in [-0.2, 0) is 17.8 Å². The lowest BCUT2D eigenvalue weighted by molar-refractivity contribution is 0.139. The molecule has 2 aromatic heterocycles. The first-order valence-electron chi connectivity index (χ1n) is 9.00. The molecule has 0 N–H and O–H groups in total. The fourth-order valence-electron chi connectivity index (χ4n) is 3.37. The molecule has 0 aliphatic rings. The number of pyridine rings is 1. The number of anilines is 1. The molecule has 6 heteroatoms. The minimum absolute atomic E-state index is 0. The third kappa shape index (κ3) is 4.42. The van der Waals surface area contributed by atoms with E-state index in [1.807, 2.05) is 32.3 Å². The van der Waals surface area contributed by atoms with Crippen LogP contribution in [0.4, 0.5) is 10.2 Å². The lowest BCUT2D eigenvalue weighted by Crippen LogP contribution is -2.19. The zero-order valence-electron chi connectivity index (χ0n) is 16.3.